The summed E-state index contributed by atoms with van der Waals surface area (Å²) in [6.07, 6.45) is 6.07. The van der Waals surface area contributed by atoms with Crippen molar-refractivity contribution in [1.29, 1.82) is 0 Å². The average Bonchev–Trinajstić information content (AvgIpc) is 3.37. The van der Waals surface area contributed by atoms with Crippen LogP contribution in [0.1, 0.15) is 36.8 Å². The summed E-state index contributed by atoms with van der Waals surface area (Å²) in [6.45, 7) is 2.53. The number of ether oxygens (including phenoxy) is 3. The van der Waals surface area contributed by atoms with E-state index in [1.807, 2.05) is 6.07 Å². The first-order valence-corrected chi connectivity index (χ1v) is 14.4. The number of nitrogens with zero attached hydrogens (tertiary/aromatic N) is 5. The van der Waals surface area contributed by atoms with Crippen molar-refractivity contribution in [3.05, 3.63) is 71.7 Å². The second kappa shape index (κ2) is 11.7. The third kappa shape index (κ3) is 5.14. The van der Waals surface area contributed by atoms with Gasteiger partial charge in [-0.05, 0) is 66.1 Å². The number of nitrogens with one attached hydrogen (secondary N) is 1. The quantitative estimate of drug-likeness (QED) is 0.310. The molecule has 1 aliphatic carbocycles. The molecular formula is C31H35F2N7O4. The first kappa shape index (κ1) is 29.9. The Labute approximate surface area is 253 Å². The lowest BCUT2D eigenvalue weighted by molar-refractivity contribution is -0.202. The SMILES string of the molecule is COC(=O)N(C)[C@@H]1[C@H](N)C[C@H](c2ccncc2Nc2ncc3ccc(-c4c(F)cc(C5(OC)COC5)cc4F)nn23)C[C@@H]1C. The van der Waals surface area contributed by atoms with Gasteiger partial charge in [0.25, 0.3) is 0 Å². The third-order valence-corrected chi connectivity index (χ3v) is 8.96. The summed E-state index contributed by atoms with van der Waals surface area (Å²) >= 11 is 0. The number of fused-ring (bicyclic) bond motifs is 1. The number of imidazole rings is 1. The Morgan fingerprint density at radius 1 is 1.16 bits per heavy atom. The number of aromatic nitrogens is 4. The number of carbonyl (C=O) groups is 1. The molecule has 0 bridgehead atoms. The monoisotopic (exact) mass is 607 g/mol. The molecule has 1 saturated heterocycles. The van der Waals surface area contributed by atoms with Crippen LogP contribution in [0, 0.1) is 17.6 Å². The van der Waals surface area contributed by atoms with Crippen molar-refractivity contribution >= 4 is 23.2 Å². The number of rotatable bonds is 7. The van der Waals surface area contributed by atoms with Crippen LogP contribution in [0.3, 0.4) is 0 Å². The predicted molar refractivity (Wildman–Crippen MR) is 158 cm³/mol. The van der Waals surface area contributed by atoms with Crippen LogP contribution >= 0.6 is 0 Å². The van der Waals surface area contributed by atoms with Gasteiger partial charge in [-0.2, -0.15) is 9.61 Å². The summed E-state index contributed by atoms with van der Waals surface area (Å²) in [5.74, 6) is -0.954. The van der Waals surface area contributed by atoms with E-state index in [2.05, 4.69) is 27.3 Å². The number of carbonyl (C=O) groups excluding carboxylic acids is 1. The van der Waals surface area contributed by atoms with Gasteiger partial charge in [0.15, 0.2) is 0 Å². The average molecular weight is 608 g/mol. The van der Waals surface area contributed by atoms with E-state index in [0.29, 0.717) is 29.1 Å². The van der Waals surface area contributed by atoms with Crippen molar-refractivity contribution in [2.75, 3.05) is 39.8 Å². The Morgan fingerprint density at radius 3 is 2.55 bits per heavy atom. The van der Waals surface area contributed by atoms with Gasteiger partial charge >= 0.3 is 6.09 Å². The fourth-order valence-electron chi connectivity index (χ4n) is 6.62. The molecule has 0 radical (unpaired) electrons. The largest absolute Gasteiger partial charge is 0.453 e. The van der Waals surface area contributed by atoms with E-state index in [1.54, 1.807) is 42.7 Å². The number of methoxy groups -OCH3 is 2. The predicted octanol–water partition coefficient (Wildman–Crippen LogP) is 4.59. The Balaban J connectivity index is 1.28. The molecule has 2 fully saturated rings. The standard InChI is InChI=1S/C31H35F2N7O4/c1-17-9-18(10-24(34)28(17)39(2)30(41)42-3)21-7-8-35-14-26(21)37-29-36-13-20-5-6-25(38-40(20)29)27-22(32)11-19(12-23(27)33)31(43-4)15-44-16-31/h5-8,11-14,17-18,24,28H,9-10,15-16,34H2,1-4H3,(H,36,37)/t17-,18+,24+,28-/m0/s1. The zero-order chi connectivity index (χ0) is 31.2. The minimum atomic E-state index is -0.862. The maximum Gasteiger partial charge on any atom is 0.409 e. The molecule has 44 heavy (non-hydrogen) atoms. The van der Waals surface area contributed by atoms with Gasteiger partial charge in [-0.15, -0.1) is 0 Å². The second-order valence-corrected chi connectivity index (χ2v) is 11.6. The van der Waals surface area contributed by atoms with E-state index in [9.17, 15) is 4.79 Å². The molecule has 0 spiro atoms. The van der Waals surface area contributed by atoms with Gasteiger partial charge in [0.2, 0.25) is 5.95 Å². The molecule has 1 aliphatic heterocycles. The van der Waals surface area contributed by atoms with Gasteiger partial charge in [-0.25, -0.2) is 18.6 Å². The fraction of sp³-hybridized carbons (Fsp3) is 0.419. The molecule has 4 aromatic rings. The van der Waals surface area contributed by atoms with Gasteiger partial charge < -0.3 is 30.2 Å². The number of anilines is 2. The number of amides is 1. The first-order valence-electron chi connectivity index (χ1n) is 14.4. The molecule has 2 aliphatic rings. The molecule has 11 nitrogen and oxygen atoms in total. The van der Waals surface area contributed by atoms with Gasteiger partial charge in [0.1, 0.15) is 17.2 Å². The van der Waals surface area contributed by atoms with E-state index < -0.39 is 23.3 Å². The number of halogens is 2. The zero-order valence-electron chi connectivity index (χ0n) is 25.0. The number of pyridine rings is 1. The highest BCUT2D eigenvalue weighted by molar-refractivity contribution is 5.68. The van der Waals surface area contributed by atoms with Crippen molar-refractivity contribution in [3.63, 3.8) is 0 Å². The van der Waals surface area contributed by atoms with E-state index in [-0.39, 0.29) is 48.4 Å². The van der Waals surface area contributed by atoms with Gasteiger partial charge in [0.05, 0.1) is 61.2 Å². The van der Waals surface area contributed by atoms with Gasteiger partial charge in [-0.3, -0.25) is 4.98 Å². The minimum Gasteiger partial charge on any atom is -0.453 e. The minimum absolute atomic E-state index is 0.0840. The Bertz CT molecular complexity index is 1650. The number of benzene rings is 1. The molecule has 13 heteroatoms. The van der Waals surface area contributed by atoms with E-state index >= 15 is 8.78 Å². The van der Waals surface area contributed by atoms with Crippen LogP contribution in [-0.2, 0) is 19.8 Å². The maximum atomic E-state index is 15.4. The highest BCUT2D eigenvalue weighted by Gasteiger charge is 2.42. The molecule has 1 amide bonds. The van der Waals surface area contributed by atoms with Crippen LogP contribution in [0.2, 0.25) is 0 Å². The molecular weight excluding hydrogens is 572 g/mol. The maximum absolute atomic E-state index is 15.4. The lowest BCUT2D eigenvalue weighted by Crippen LogP contribution is -2.55. The van der Waals surface area contributed by atoms with Crippen LogP contribution in [0.15, 0.2) is 48.9 Å². The number of hydrogen-bond acceptors (Lipinski definition) is 9. The molecule has 6 rings (SSSR count). The lowest BCUT2D eigenvalue weighted by Gasteiger charge is -2.43. The van der Waals surface area contributed by atoms with E-state index in [4.69, 9.17) is 19.9 Å². The summed E-state index contributed by atoms with van der Waals surface area (Å²) in [6, 6.07) is 7.32. The Hall–Kier alpha value is -4.20. The van der Waals surface area contributed by atoms with Gasteiger partial charge in [-0.1, -0.05) is 6.92 Å². The zero-order valence-corrected chi connectivity index (χ0v) is 25.0. The summed E-state index contributed by atoms with van der Waals surface area (Å²) in [5.41, 5.74) is 8.32. The Kier molecular flexibility index (Phi) is 7.95. The van der Waals surface area contributed by atoms with Crippen molar-refractivity contribution in [3.8, 4) is 11.3 Å². The molecule has 1 saturated carbocycles. The summed E-state index contributed by atoms with van der Waals surface area (Å²) in [7, 11) is 4.56. The van der Waals surface area contributed by atoms with E-state index in [1.165, 1.54) is 30.9 Å². The van der Waals surface area contributed by atoms with Crippen molar-refractivity contribution < 1.29 is 27.8 Å². The van der Waals surface area contributed by atoms with Crippen LogP contribution in [0.25, 0.3) is 16.8 Å². The van der Waals surface area contributed by atoms with Crippen molar-refractivity contribution in [1.82, 2.24) is 24.5 Å². The molecule has 4 heterocycles. The topological polar surface area (TPSA) is 129 Å². The highest BCUT2D eigenvalue weighted by Crippen LogP contribution is 2.41. The summed E-state index contributed by atoms with van der Waals surface area (Å²) in [5, 5.41) is 7.88. The normalized spacial score (nSPS) is 22.8. The summed E-state index contributed by atoms with van der Waals surface area (Å²) < 4.78 is 48.0. The number of hydrogen-bond donors (Lipinski definition) is 2. The third-order valence-electron chi connectivity index (χ3n) is 8.96. The molecule has 3 aromatic heterocycles. The van der Waals surface area contributed by atoms with Crippen LogP contribution in [0.5, 0.6) is 0 Å². The molecule has 3 N–H and O–H groups in total. The Morgan fingerprint density at radius 2 is 1.91 bits per heavy atom. The van der Waals surface area contributed by atoms with Crippen LogP contribution in [0.4, 0.5) is 25.2 Å². The smallest absolute Gasteiger partial charge is 0.409 e. The van der Waals surface area contributed by atoms with Gasteiger partial charge in [0, 0.05) is 26.4 Å². The van der Waals surface area contributed by atoms with Crippen LogP contribution < -0.4 is 11.1 Å². The molecule has 0 unspecified atom stereocenters. The molecule has 4 atom stereocenters. The fourth-order valence-corrected chi connectivity index (χ4v) is 6.62. The van der Waals surface area contributed by atoms with Crippen molar-refractivity contribution in [2.24, 2.45) is 11.7 Å². The summed E-state index contributed by atoms with van der Waals surface area (Å²) in [4.78, 5) is 22.6. The van der Waals surface area contributed by atoms with Crippen LogP contribution in [-0.4, -0.2) is 77.1 Å². The number of nitrogens with two attached hydrogens (primary N) is 1. The lowest BCUT2D eigenvalue weighted by atomic mass is 9.73. The first-order chi connectivity index (χ1) is 21.2. The molecule has 1 aromatic carbocycles. The van der Waals surface area contributed by atoms with Crippen molar-refractivity contribution in [2.45, 2.75) is 43.4 Å². The highest BCUT2D eigenvalue weighted by atomic mass is 19.1. The second-order valence-electron chi connectivity index (χ2n) is 11.6. The number of likely N-dealkylation sites (N-methyl/N-ethyl adjacent to an activating group) is 1. The molecule has 232 valence electrons. The van der Waals surface area contributed by atoms with E-state index in [0.717, 1.165) is 12.0 Å².